The Morgan fingerprint density at radius 2 is 0.457 bits per heavy atom. The van der Waals surface area contributed by atoms with Crippen molar-refractivity contribution in [3.63, 3.8) is 0 Å². The minimum atomic E-state index is -0.779. The van der Waals surface area contributed by atoms with E-state index in [9.17, 15) is 14.4 Å². The van der Waals surface area contributed by atoms with E-state index in [1.807, 2.05) is 0 Å². The summed E-state index contributed by atoms with van der Waals surface area (Å²) in [6.45, 7) is 6.64. The molecule has 0 radical (unpaired) electrons. The molecular weight excluding hydrogens is 997 g/mol. The Kier molecular flexibility index (Phi) is 67.1. The van der Waals surface area contributed by atoms with Crippen LogP contribution in [0.25, 0.3) is 0 Å². The quantitative estimate of drug-likeness (QED) is 0.0261. The fraction of sp³-hybridized carbons (Fsp3) is 0.827. The van der Waals surface area contributed by atoms with Crippen molar-refractivity contribution in [3.8, 4) is 0 Å². The molecule has 0 spiro atoms. The Morgan fingerprint density at radius 1 is 0.247 bits per heavy atom. The summed E-state index contributed by atoms with van der Waals surface area (Å²) >= 11 is 0. The first-order valence-electron chi connectivity index (χ1n) is 35.8. The monoisotopic (exact) mass is 1130 g/mol. The van der Waals surface area contributed by atoms with Crippen molar-refractivity contribution >= 4 is 17.9 Å². The second kappa shape index (κ2) is 69.6. The van der Waals surface area contributed by atoms with Crippen LogP contribution in [-0.2, 0) is 28.6 Å². The number of esters is 3. The SMILES string of the molecule is CCCC/C=C\C/C=C\CCCCCCCC(=O)OCC(COC(=O)CCCCCCCCCCCCCCCC/C=C\C/C=C\C/C=C\CCCCCCC)OC(=O)CCCCCCCCCCCCCCCCCCCCCC. The fourth-order valence-electron chi connectivity index (χ4n) is 10.6. The van der Waals surface area contributed by atoms with E-state index in [1.165, 1.54) is 250 Å². The number of ether oxygens (including phenoxy) is 3. The van der Waals surface area contributed by atoms with Gasteiger partial charge in [-0.25, -0.2) is 0 Å². The molecule has 0 saturated heterocycles. The number of hydrogen-bond acceptors (Lipinski definition) is 6. The van der Waals surface area contributed by atoms with Gasteiger partial charge in [-0.05, 0) is 83.5 Å². The molecule has 1 unspecified atom stereocenters. The molecule has 0 N–H and O–H groups in total. The van der Waals surface area contributed by atoms with Crippen molar-refractivity contribution in [1.29, 1.82) is 0 Å². The van der Waals surface area contributed by atoms with Gasteiger partial charge in [-0.3, -0.25) is 14.4 Å². The lowest BCUT2D eigenvalue weighted by molar-refractivity contribution is -0.167. The first-order valence-corrected chi connectivity index (χ1v) is 35.8. The highest BCUT2D eigenvalue weighted by Gasteiger charge is 2.19. The zero-order valence-electron chi connectivity index (χ0n) is 54.3. The van der Waals surface area contributed by atoms with Gasteiger partial charge in [0.1, 0.15) is 13.2 Å². The number of carbonyl (C=O) groups excluding carboxylic acids is 3. The third-order valence-electron chi connectivity index (χ3n) is 16.0. The van der Waals surface area contributed by atoms with Crippen LogP contribution >= 0.6 is 0 Å². The summed E-state index contributed by atoms with van der Waals surface area (Å²) in [7, 11) is 0. The molecule has 0 rings (SSSR count). The highest BCUT2D eigenvalue weighted by Crippen LogP contribution is 2.18. The smallest absolute Gasteiger partial charge is 0.306 e. The molecule has 0 heterocycles. The summed E-state index contributed by atoms with van der Waals surface area (Å²) in [5, 5.41) is 0. The molecule has 0 saturated carbocycles. The van der Waals surface area contributed by atoms with Gasteiger partial charge in [0.25, 0.3) is 0 Å². The van der Waals surface area contributed by atoms with Crippen molar-refractivity contribution < 1.29 is 28.6 Å². The van der Waals surface area contributed by atoms with E-state index in [4.69, 9.17) is 14.2 Å². The minimum Gasteiger partial charge on any atom is -0.462 e. The molecule has 0 aliphatic heterocycles. The molecule has 0 aromatic rings. The Balaban J connectivity index is 4.24. The van der Waals surface area contributed by atoms with Crippen LogP contribution in [0.3, 0.4) is 0 Å². The van der Waals surface area contributed by atoms with Gasteiger partial charge in [0.05, 0.1) is 0 Å². The molecule has 0 aliphatic carbocycles. The van der Waals surface area contributed by atoms with Crippen LogP contribution in [0.4, 0.5) is 0 Å². The molecule has 6 nitrogen and oxygen atoms in total. The Morgan fingerprint density at radius 3 is 0.728 bits per heavy atom. The van der Waals surface area contributed by atoms with Gasteiger partial charge in [-0.15, -0.1) is 0 Å². The Labute approximate surface area is 504 Å². The van der Waals surface area contributed by atoms with Crippen molar-refractivity contribution in [2.45, 2.75) is 386 Å². The first kappa shape index (κ1) is 78.1. The zero-order valence-corrected chi connectivity index (χ0v) is 54.3. The Hall–Kier alpha value is -2.89. The second-order valence-electron chi connectivity index (χ2n) is 24.1. The zero-order chi connectivity index (χ0) is 58.5. The molecule has 0 aromatic heterocycles. The van der Waals surface area contributed by atoms with Crippen LogP contribution in [-0.4, -0.2) is 37.2 Å². The normalized spacial score (nSPS) is 12.4. The molecule has 0 aromatic carbocycles. The van der Waals surface area contributed by atoms with Crippen molar-refractivity contribution in [2.24, 2.45) is 0 Å². The van der Waals surface area contributed by atoms with Crippen molar-refractivity contribution in [2.75, 3.05) is 13.2 Å². The number of rotatable bonds is 66. The van der Waals surface area contributed by atoms with E-state index in [-0.39, 0.29) is 31.1 Å². The first-order chi connectivity index (χ1) is 40.0. The van der Waals surface area contributed by atoms with E-state index in [0.29, 0.717) is 19.3 Å². The third-order valence-corrected chi connectivity index (χ3v) is 16.0. The van der Waals surface area contributed by atoms with Crippen LogP contribution in [0.5, 0.6) is 0 Å². The molecule has 472 valence electrons. The van der Waals surface area contributed by atoms with Gasteiger partial charge in [-0.1, -0.05) is 338 Å². The van der Waals surface area contributed by atoms with Crippen LogP contribution in [0, 0.1) is 0 Å². The predicted octanol–water partition coefficient (Wildman–Crippen LogP) is 24.7. The van der Waals surface area contributed by atoms with E-state index in [2.05, 4.69) is 81.5 Å². The summed E-state index contributed by atoms with van der Waals surface area (Å²) in [5.41, 5.74) is 0. The highest BCUT2D eigenvalue weighted by molar-refractivity contribution is 5.71. The molecule has 6 heteroatoms. The molecular formula is C75H136O6. The van der Waals surface area contributed by atoms with E-state index in [1.54, 1.807) is 0 Å². The van der Waals surface area contributed by atoms with Gasteiger partial charge in [0, 0.05) is 19.3 Å². The summed E-state index contributed by atoms with van der Waals surface area (Å²) < 4.78 is 17.0. The standard InChI is InChI=1S/C75H136O6/c1-4-7-10-13-16-19-22-25-28-30-32-34-35-36-37-38-39-40-41-42-44-45-47-50-53-56-59-62-65-68-74(77)80-71-72(70-79-73(76)67-64-61-58-55-52-49-27-24-21-18-15-12-9-6-3)81-75(78)69-66-63-60-57-54-51-48-46-43-33-31-29-26-23-20-17-14-11-8-5-2/h15,18,22,24-25,27,30,32,35-36,72H,4-14,16-17,19-21,23,26,28-29,31,33-34,37-71H2,1-3H3/b18-15-,25-22-,27-24-,32-30-,36-35-. The van der Waals surface area contributed by atoms with Crippen molar-refractivity contribution in [1.82, 2.24) is 0 Å². The van der Waals surface area contributed by atoms with Crippen LogP contribution in [0.2, 0.25) is 0 Å². The van der Waals surface area contributed by atoms with Crippen molar-refractivity contribution in [3.05, 3.63) is 60.8 Å². The van der Waals surface area contributed by atoms with Gasteiger partial charge in [-0.2, -0.15) is 0 Å². The maximum Gasteiger partial charge on any atom is 0.306 e. The number of hydrogen-bond donors (Lipinski definition) is 0. The highest BCUT2D eigenvalue weighted by atomic mass is 16.6. The lowest BCUT2D eigenvalue weighted by Crippen LogP contribution is -2.30. The average Bonchev–Trinajstić information content (AvgIpc) is 3.47. The summed E-state index contributed by atoms with van der Waals surface area (Å²) in [6.07, 6.45) is 89.6. The van der Waals surface area contributed by atoms with E-state index < -0.39 is 6.10 Å². The lowest BCUT2D eigenvalue weighted by Gasteiger charge is -2.18. The molecule has 1 atom stereocenters. The number of unbranched alkanes of at least 4 members (excludes halogenated alkanes) is 45. The summed E-state index contributed by atoms with van der Waals surface area (Å²) in [5.74, 6) is -0.865. The van der Waals surface area contributed by atoms with E-state index >= 15 is 0 Å². The molecule has 81 heavy (non-hydrogen) atoms. The van der Waals surface area contributed by atoms with Crippen LogP contribution < -0.4 is 0 Å². The fourth-order valence-corrected chi connectivity index (χ4v) is 10.6. The average molecular weight is 1130 g/mol. The molecule has 0 bridgehead atoms. The lowest BCUT2D eigenvalue weighted by atomic mass is 10.0. The van der Waals surface area contributed by atoms with E-state index in [0.717, 1.165) is 89.9 Å². The largest absolute Gasteiger partial charge is 0.462 e. The van der Waals surface area contributed by atoms with Gasteiger partial charge >= 0.3 is 17.9 Å². The summed E-state index contributed by atoms with van der Waals surface area (Å²) in [6, 6.07) is 0. The predicted molar refractivity (Wildman–Crippen MR) is 353 cm³/mol. The maximum absolute atomic E-state index is 13.0. The number of allylic oxidation sites excluding steroid dienone is 10. The van der Waals surface area contributed by atoms with Gasteiger partial charge < -0.3 is 14.2 Å². The molecule has 0 aliphatic rings. The summed E-state index contributed by atoms with van der Waals surface area (Å²) in [4.78, 5) is 38.4. The van der Waals surface area contributed by atoms with Crippen LogP contribution in [0.1, 0.15) is 380 Å². The topological polar surface area (TPSA) is 78.9 Å². The maximum atomic E-state index is 13.0. The van der Waals surface area contributed by atoms with Gasteiger partial charge in [0.2, 0.25) is 0 Å². The third kappa shape index (κ3) is 67.8. The Bertz CT molecular complexity index is 1440. The second-order valence-corrected chi connectivity index (χ2v) is 24.1. The van der Waals surface area contributed by atoms with Crippen LogP contribution in [0.15, 0.2) is 60.8 Å². The van der Waals surface area contributed by atoms with Gasteiger partial charge in [0.15, 0.2) is 6.10 Å². The molecule has 0 fully saturated rings. The molecule has 0 amide bonds. The number of carbonyl (C=O) groups is 3. The minimum absolute atomic E-state index is 0.0748.